The van der Waals surface area contributed by atoms with Gasteiger partial charge in [0.2, 0.25) is 5.91 Å². The van der Waals surface area contributed by atoms with E-state index in [9.17, 15) is 34.1 Å². The summed E-state index contributed by atoms with van der Waals surface area (Å²) < 4.78 is 26.8. The fraction of sp³-hybridized carbons (Fsp3) is 0.723. The summed E-state index contributed by atoms with van der Waals surface area (Å²) in [5.74, 6) is -2.41. The van der Waals surface area contributed by atoms with Gasteiger partial charge >= 0.3 is 19.8 Å². The number of ether oxygens (including phenoxy) is 1. The Morgan fingerprint density at radius 3 is 1.42 bits per heavy atom. The van der Waals surface area contributed by atoms with E-state index in [2.05, 4.69) is 79.9 Å². The number of aliphatic hydroxyl groups is 1. The summed E-state index contributed by atoms with van der Waals surface area (Å²) >= 11 is 0. The number of aliphatic hydroxyl groups excluding tert-OH is 1. The first-order valence-electron chi connectivity index (χ1n) is 22.8. The predicted octanol–water partition coefficient (Wildman–Crippen LogP) is 11.9. The number of carbonyl (C=O) groups excluding carboxylic acids is 2. The standard InChI is InChI=1S/C47H82NO10P/c1-3-5-7-9-11-13-15-17-19-21-22-23-25-27-29-31-33-35-37-39-46(51)56-40-43(49)41-57-59(54,55)58-42-44(47(52)53)48-45(50)38-36-34-32-30-28-26-24-20-18-16-14-12-10-8-6-4-2/h11,13-14,16-17,19-20,22-24,43-44,49H,3-10,12,15,18,21,25-42H2,1-2H3,(H,48,50)(H,52,53)(H,54,55)/b13-11-,16-14-,19-17-,23-22-,24-20-. The molecule has 0 aliphatic heterocycles. The lowest BCUT2D eigenvalue weighted by Crippen LogP contribution is -2.43. The first-order valence-corrected chi connectivity index (χ1v) is 24.3. The molecule has 340 valence electrons. The number of rotatable bonds is 42. The van der Waals surface area contributed by atoms with Crippen molar-refractivity contribution in [3.63, 3.8) is 0 Å². The number of phosphoric ester groups is 1. The van der Waals surface area contributed by atoms with Crippen molar-refractivity contribution in [1.29, 1.82) is 0 Å². The Bertz CT molecular complexity index is 1230. The molecule has 0 spiro atoms. The molecule has 4 N–H and O–H groups in total. The van der Waals surface area contributed by atoms with E-state index >= 15 is 0 Å². The molecule has 0 aliphatic carbocycles. The second kappa shape index (κ2) is 41.9. The van der Waals surface area contributed by atoms with E-state index in [-0.39, 0.29) is 12.8 Å². The average molecular weight is 852 g/mol. The maximum Gasteiger partial charge on any atom is 0.472 e. The second-order valence-electron chi connectivity index (χ2n) is 15.2. The number of unbranched alkanes of at least 4 members (excludes halogenated alkanes) is 18. The number of aliphatic carboxylic acids is 1. The largest absolute Gasteiger partial charge is 0.480 e. The van der Waals surface area contributed by atoms with Crippen LogP contribution in [0.1, 0.15) is 187 Å². The van der Waals surface area contributed by atoms with Gasteiger partial charge in [0.1, 0.15) is 12.7 Å². The van der Waals surface area contributed by atoms with Crippen molar-refractivity contribution >= 4 is 25.7 Å². The van der Waals surface area contributed by atoms with Gasteiger partial charge in [-0.3, -0.25) is 18.6 Å². The topological polar surface area (TPSA) is 169 Å². The zero-order valence-corrected chi connectivity index (χ0v) is 37.7. The van der Waals surface area contributed by atoms with Gasteiger partial charge in [-0.1, -0.05) is 152 Å². The van der Waals surface area contributed by atoms with E-state index < -0.39 is 57.6 Å². The minimum absolute atomic E-state index is 0.126. The lowest BCUT2D eigenvalue weighted by Gasteiger charge is -2.18. The van der Waals surface area contributed by atoms with Crippen molar-refractivity contribution in [3.8, 4) is 0 Å². The van der Waals surface area contributed by atoms with Crippen LogP contribution < -0.4 is 5.32 Å². The molecule has 0 aromatic rings. The fourth-order valence-corrected chi connectivity index (χ4v) is 6.71. The molecular weight excluding hydrogens is 769 g/mol. The van der Waals surface area contributed by atoms with Crippen LogP contribution in [0.2, 0.25) is 0 Å². The third kappa shape index (κ3) is 41.7. The molecule has 12 heteroatoms. The lowest BCUT2D eigenvalue weighted by molar-refractivity contribution is -0.147. The molecule has 0 aromatic carbocycles. The van der Waals surface area contributed by atoms with Gasteiger partial charge in [0.05, 0.1) is 13.2 Å². The number of carboxylic acids is 1. The average Bonchev–Trinajstić information content (AvgIpc) is 3.21. The number of hydrogen-bond donors (Lipinski definition) is 4. The maximum absolute atomic E-state index is 12.3. The van der Waals surface area contributed by atoms with Crippen LogP contribution >= 0.6 is 7.82 Å². The number of carboxylic acid groups (broad SMARTS) is 1. The van der Waals surface area contributed by atoms with E-state index in [0.29, 0.717) is 12.8 Å². The van der Waals surface area contributed by atoms with Gasteiger partial charge in [0.25, 0.3) is 0 Å². The smallest absolute Gasteiger partial charge is 0.472 e. The number of amides is 1. The van der Waals surface area contributed by atoms with Crippen molar-refractivity contribution in [2.45, 2.75) is 199 Å². The Morgan fingerprint density at radius 2 is 0.932 bits per heavy atom. The highest BCUT2D eigenvalue weighted by Gasteiger charge is 2.28. The van der Waals surface area contributed by atoms with Gasteiger partial charge in [-0.2, -0.15) is 0 Å². The summed E-state index contributed by atoms with van der Waals surface area (Å²) in [7, 11) is -4.77. The van der Waals surface area contributed by atoms with Gasteiger partial charge in [0.15, 0.2) is 6.04 Å². The van der Waals surface area contributed by atoms with Crippen LogP contribution in [-0.4, -0.2) is 64.9 Å². The minimum Gasteiger partial charge on any atom is -0.480 e. The zero-order valence-electron chi connectivity index (χ0n) is 36.8. The van der Waals surface area contributed by atoms with Gasteiger partial charge in [-0.15, -0.1) is 0 Å². The number of hydrogen-bond acceptors (Lipinski definition) is 8. The summed E-state index contributed by atoms with van der Waals surface area (Å²) in [5, 5.41) is 21.8. The number of carbonyl (C=O) groups is 3. The first-order chi connectivity index (χ1) is 28.6. The molecular formula is C47H82NO10P. The van der Waals surface area contributed by atoms with Crippen molar-refractivity contribution in [2.75, 3.05) is 19.8 Å². The summed E-state index contributed by atoms with van der Waals surface area (Å²) in [5.41, 5.74) is 0. The third-order valence-electron chi connectivity index (χ3n) is 9.53. The van der Waals surface area contributed by atoms with Crippen molar-refractivity contribution in [2.24, 2.45) is 0 Å². The Morgan fingerprint density at radius 1 is 0.542 bits per heavy atom. The van der Waals surface area contributed by atoms with Gasteiger partial charge in [0, 0.05) is 12.8 Å². The Balaban J connectivity index is 3.93. The maximum atomic E-state index is 12.3. The van der Waals surface area contributed by atoms with Crippen LogP contribution in [0.15, 0.2) is 60.8 Å². The first kappa shape index (κ1) is 56.2. The van der Waals surface area contributed by atoms with Crippen LogP contribution in [-0.2, 0) is 32.7 Å². The summed E-state index contributed by atoms with van der Waals surface area (Å²) in [4.78, 5) is 46.0. The van der Waals surface area contributed by atoms with Gasteiger partial charge in [-0.05, 0) is 83.5 Å². The van der Waals surface area contributed by atoms with E-state index in [1.165, 1.54) is 51.4 Å². The van der Waals surface area contributed by atoms with Crippen LogP contribution in [0.5, 0.6) is 0 Å². The van der Waals surface area contributed by atoms with Crippen LogP contribution in [0.25, 0.3) is 0 Å². The Kier molecular flexibility index (Phi) is 39.9. The highest BCUT2D eigenvalue weighted by atomic mass is 31.2. The Labute approximate surface area is 357 Å². The molecule has 11 nitrogen and oxygen atoms in total. The van der Waals surface area contributed by atoms with Crippen molar-refractivity contribution in [1.82, 2.24) is 5.32 Å². The number of nitrogens with one attached hydrogen (secondary N) is 1. The third-order valence-corrected chi connectivity index (χ3v) is 10.5. The summed E-state index contributed by atoms with van der Waals surface area (Å²) in [6.07, 6.45) is 48.1. The fourth-order valence-electron chi connectivity index (χ4n) is 5.94. The van der Waals surface area contributed by atoms with E-state index in [4.69, 9.17) is 13.8 Å². The molecule has 1 amide bonds. The SMILES string of the molecule is CCCCC/C=C\C/C=C\C/C=C\CCCCCCCCC(=O)OCC(O)COP(=O)(O)OCC(NC(=O)CCCCCCC/C=C\C/C=C\CCCCCC)C(=O)O. The molecule has 3 atom stereocenters. The van der Waals surface area contributed by atoms with E-state index in [1.54, 1.807) is 0 Å². The number of allylic oxidation sites excluding steroid dienone is 10. The molecule has 0 saturated heterocycles. The highest BCUT2D eigenvalue weighted by molar-refractivity contribution is 7.47. The highest BCUT2D eigenvalue weighted by Crippen LogP contribution is 2.43. The van der Waals surface area contributed by atoms with Crippen LogP contribution in [0.3, 0.4) is 0 Å². The summed E-state index contributed by atoms with van der Waals surface area (Å²) in [6.45, 7) is 2.52. The zero-order chi connectivity index (χ0) is 43.5. The normalized spacial score (nSPS) is 14.2. The molecule has 3 unspecified atom stereocenters. The molecule has 0 radical (unpaired) electrons. The molecule has 0 bridgehead atoms. The second-order valence-corrected chi connectivity index (χ2v) is 16.7. The Hall–Kier alpha value is -2.82. The molecule has 0 saturated carbocycles. The molecule has 0 aliphatic rings. The van der Waals surface area contributed by atoms with Crippen molar-refractivity contribution in [3.05, 3.63) is 60.8 Å². The van der Waals surface area contributed by atoms with Crippen LogP contribution in [0, 0.1) is 0 Å². The number of esters is 1. The monoisotopic (exact) mass is 852 g/mol. The van der Waals surface area contributed by atoms with Gasteiger partial charge < -0.3 is 25.2 Å². The molecule has 0 fully saturated rings. The van der Waals surface area contributed by atoms with Crippen LogP contribution in [0.4, 0.5) is 0 Å². The molecule has 0 heterocycles. The van der Waals surface area contributed by atoms with Gasteiger partial charge in [-0.25, -0.2) is 9.36 Å². The van der Waals surface area contributed by atoms with E-state index in [1.807, 2.05) is 0 Å². The molecule has 59 heavy (non-hydrogen) atoms. The number of phosphoric acid groups is 1. The van der Waals surface area contributed by atoms with Crippen molar-refractivity contribution < 1.29 is 47.8 Å². The summed E-state index contributed by atoms with van der Waals surface area (Å²) in [6, 6.07) is -1.56. The predicted molar refractivity (Wildman–Crippen MR) is 240 cm³/mol. The minimum atomic E-state index is -4.77. The molecule has 0 rings (SSSR count). The quantitative estimate of drug-likeness (QED) is 0.0201. The van der Waals surface area contributed by atoms with E-state index in [0.717, 1.165) is 96.3 Å². The lowest BCUT2D eigenvalue weighted by atomic mass is 10.1. The molecule has 0 aromatic heterocycles.